The minimum absolute atomic E-state index is 0.0346. The first kappa shape index (κ1) is 17.9. The van der Waals surface area contributed by atoms with Gasteiger partial charge in [-0.15, -0.1) is 0 Å². The van der Waals surface area contributed by atoms with Crippen molar-refractivity contribution in [3.63, 3.8) is 0 Å². The molecule has 0 unspecified atom stereocenters. The lowest BCUT2D eigenvalue weighted by atomic mass is 10.0. The van der Waals surface area contributed by atoms with Gasteiger partial charge in [0.05, 0.1) is 6.61 Å². The monoisotopic (exact) mass is 344 g/mol. The second-order valence-electron chi connectivity index (χ2n) is 5.05. The van der Waals surface area contributed by atoms with Crippen LogP contribution in [0.5, 0.6) is 5.75 Å². The molecule has 24 heavy (non-hydrogen) atoms. The maximum Gasteiger partial charge on any atom is 0.389 e. The van der Waals surface area contributed by atoms with E-state index >= 15 is 0 Å². The van der Waals surface area contributed by atoms with E-state index in [1.54, 1.807) is 0 Å². The fourth-order valence-corrected chi connectivity index (χ4v) is 2.06. The van der Waals surface area contributed by atoms with Crippen LogP contribution in [0.25, 0.3) is 11.1 Å². The number of alkyl halides is 3. The van der Waals surface area contributed by atoms with E-state index in [0.29, 0.717) is 17.4 Å². The molecule has 0 N–H and O–H groups in total. The summed E-state index contributed by atoms with van der Waals surface area (Å²) < 4.78 is 69.0. The predicted octanol–water partition coefficient (Wildman–Crippen LogP) is 5.17. The van der Waals surface area contributed by atoms with Crippen molar-refractivity contribution in [2.24, 2.45) is 0 Å². The first-order chi connectivity index (χ1) is 11.3. The van der Waals surface area contributed by atoms with Gasteiger partial charge in [0.15, 0.2) is 11.6 Å². The van der Waals surface area contributed by atoms with Gasteiger partial charge >= 0.3 is 6.18 Å². The van der Waals surface area contributed by atoms with Crippen LogP contribution in [-0.4, -0.2) is 19.1 Å². The van der Waals surface area contributed by atoms with Gasteiger partial charge < -0.3 is 4.74 Å². The number of carbonyl (C=O) groups is 1. The lowest BCUT2D eigenvalue weighted by Crippen LogP contribution is -2.10. The zero-order valence-corrected chi connectivity index (χ0v) is 12.4. The molecule has 7 heteroatoms. The molecule has 2 rings (SSSR count). The van der Waals surface area contributed by atoms with Gasteiger partial charge in [0.25, 0.3) is 0 Å². The number of benzene rings is 2. The molecule has 0 aliphatic carbocycles. The zero-order valence-electron chi connectivity index (χ0n) is 12.4. The van der Waals surface area contributed by atoms with Crippen molar-refractivity contribution in [3.05, 3.63) is 53.6 Å². The van der Waals surface area contributed by atoms with Crippen LogP contribution in [-0.2, 0) is 0 Å². The van der Waals surface area contributed by atoms with Gasteiger partial charge in [0, 0.05) is 17.5 Å². The average molecular weight is 344 g/mol. The fraction of sp³-hybridized carbons (Fsp3) is 0.235. The topological polar surface area (TPSA) is 26.3 Å². The number of aldehydes is 1. The van der Waals surface area contributed by atoms with Gasteiger partial charge in [-0.2, -0.15) is 17.6 Å². The molecule has 0 aromatic heterocycles. The first-order valence-electron chi connectivity index (χ1n) is 7.05. The fourth-order valence-electron chi connectivity index (χ4n) is 2.06. The van der Waals surface area contributed by atoms with Crippen molar-refractivity contribution in [1.29, 1.82) is 0 Å². The molecule has 0 heterocycles. The summed E-state index contributed by atoms with van der Waals surface area (Å²) in [5, 5.41) is 0. The SMILES string of the molecule is O=Cc1ccc(-c2ccc(OCCCC(F)(F)F)c(F)c2F)cc1. The summed E-state index contributed by atoms with van der Waals surface area (Å²) in [5.74, 6) is -2.87. The number of ether oxygens (including phenoxy) is 1. The molecule has 0 spiro atoms. The molecule has 0 fully saturated rings. The Hall–Kier alpha value is -2.44. The van der Waals surface area contributed by atoms with Crippen LogP contribution in [0.1, 0.15) is 23.2 Å². The summed E-state index contributed by atoms with van der Waals surface area (Å²) in [6, 6.07) is 8.28. The zero-order chi connectivity index (χ0) is 17.7. The Bertz CT molecular complexity index is 708. The summed E-state index contributed by atoms with van der Waals surface area (Å²) in [4.78, 5) is 10.6. The minimum atomic E-state index is -4.31. The van der Waals surface area contributed by atoms with E-state index < -0.39 is 30.0 Å². The van der Waals surface area contributed by atoms with Gasteiger partial charge in [0.2, 0.25) is 5.82 Å². The lowest BCUT2D eigenvalue weighted by molar-refractivity contribution is -0.136. The van der Waals surface area contributed by atoms with Crippen LogP contribution in [0.15, 0.2) is 36.4 Å². The molecular weight excluding hydrogens is 331 g/mol. The van der Waals surface area contributed by atoms with Crippen LogP contribution < -0.4 is 4.74 Å². The Morgan fingerprint density at radius 3 is 2.21 bits per heavy atom. The molecule has 2 aromatic carbocycles. The highest BCUT2D eigenvalue weighted by Gasteiger charge is 2.26. The van der Waals surface area contributed by atoms with Crippen molar-refractivity contribution in [2.75, 3.05) is 6.61 Å². The highest BCUT2D eigenvalue weighted by Crippen LogP contribution is 2.30. The Balaban J connectivity index is 2.11. The predicted molar refractivity (Wildman–Crippen MR) is 78.0 cm³/mol. The largest absolute Gasteiger partial charge is 0.490 e. The average Bonchev–Trinajstić information content (AvgIpc) is 2.54. The van der Waals surface area contributed by atoms with E-state index in [9.17, 15) is 26.7 Å². The van der Waals surface area contributed by atoms with Crippen molar-refractivity contribution in [1.82, 2.24) is 0 Å². The number of hydrogen-bond acceptors (Lipinski definition) is 2. The van der Waals surface area contributed by atoms with Crippen molar-refractivity contribution >= 4 is 6.29 Å². The second kappa shape index (κ2) is 7.42. The number of halogens is 5. The third-order valence-corrected chi connectivity index (χ3v) is 3.27. The van der Waals surface area contributed by atoms with E-state index in [2.05, 4.69) is 0 Å². The van der Waals surface area contributed by atoms with Crippen LogP contribution in [0.2, 0.25) is 0 Å². The molecule has 0 atom stereocenters. The molecular formula is C17H13F5O2. The van der Waals surface area contributed by atoms with Crippen molar-refractivity contribution < 1.29 is 31.5 Å². The van der Waals surface area contributed by atoms with Crippen LogP contribution >= 0.6 is 0 Å². The third-order valence-electron chi connectivity index (χ3n) is 3.27. The Morgan fingerprint density at radius 1 is 0.958 bits per heavy atom. The molecule has 0 amide bonds. The molecule has 0 radical (unpaired) electrons. The summed E-state index contributed by atoms with van der Waals surface area (Å²) in [7, 11) is 0. The highest BCUT2D eigenvalue weighted by atomic mass is 19.4. The summed E-state index contributed by atoms with van der Waals surface area (Å²) in [6.07, 6.45) is -5.10. The number of hydrogen-bond donors (Lipinski definition) is 0. The summed E-state index contributed by atoms with van der Waals surface area (Å²) >= 11 is 0. The molecule has 0 aliphatic rings. The maximum atomic E-state index is 14.1. The molecule has 2 aromatic rings. The molecule has 0 bridgehead atoms. The minimum Gasteiger partial charge on any atom is -0.490 e. The van der Waals surface area contributed by atoms with Crippen LogP contribution in [0.3, 0.4) is 0 Å². The number of rotatable bonds is 6. The quantitative estimate of drug-likeness (QED) is 0.411. The first-order valence-corrected chi connectivity index (χ1v) is 7.05. The van der Waals surface area contributed by atoms with Gasteiger partial charge in [-0.05, 0) is 24.1 Å². The van der Waals surface area contributed by atoms with Crippen LogP contribution in [0, 0.1) is 11.6 Å². The Labute approximate surface area is 134 Å². The highest BCUT2D eigenvalue weighted by molar-refractivity contribution is 5.77. The normalized spacial score (nSPS) is 11.4. The third kappa shape index (κ3) is 4.53. The van der Waals surface area contributed by atoms with Crippen molar-refractivity contribution in [3.8, 4) is 16.9 Å². The molecule has 0 aliphatic heterocycles. The summed E-state index contributed by atoms with van der Waals surface area (Å²) in [5.41, 5.74) is 0.720. The lowest BCUT2D eigenvalue weighted by Gasteiger charge is -2.11. The molecule has 0 saturated carbocycles. The van der Waals surface area contributed by atoms with E-state index in [-0.39, 0.29) is 18.6 Å². The smallest absolute Gasteiger partial charge is 0.389 e. The van der Waals surface area contributed by atoms with Gasteiger partial charge in [-0.1, -0.05) is 24.3 Å². The second-order valence-corrected chi connectivity index (χ2v) is 5.05. The number of carbonyl (C=O) groups excluding carboxylic acids is 1. The van der Waals surface area contributed by atoms with Crippen molar-refractivity contribution in [2.45, 2.75) is 19.0 Å². The molecule has 2 nitrogen and oxygen atoms in total. The van der Waals surface area contributed by atoms with Gasteiger partial charge in [0.1, 0.15) is 6.29 Å². The van der Waals surface area contributed by atoms with Gasteiger partial charge in [-0.3, -0.25) is 4.79 Å². The maximum absolute atomic E-state index is 14.1. The van der Waals surface area contributed by atoms with E-state index in [0.717, 1.165) is 6.07 Å². The van der Waals surface area contributed by atoms with E-state index in [4.69, 9.17) is 4.74 Å². The summed E-state index contributed by atoms with van der Waals surface area (Å²) in [6.45, 7) is -0.372. The molecule has 128 valence electrons. The Kier molecular flexibility index (Phi) is 5.54. The van der Waals surface area contributed by atoms with Gasteiger partial charge in [-0.25, -0.2) is 4.39 Å². The van der Waals surface area contributed by atoms with Crippen LogP contribution in [0.4, 0.5) is 22.0 Å². The van der Waals surface area contributed by atoms with E-state index in [1.807, 2.05) is 0 Å². The standard InChI is InChI=1S/C17H13F5O2/c18-15-13(12-4-2-11(10-23)3-5-12)6-7-14(16(15)19)24-9-1-8-17(20,21)22/h2-7,10H,1,8-9H2. The molecule has 0 saturated heterocycles. The Morgan fingerprint density at radius 2 is 1.62 bits per heavy atom. The van der Waals surface area contributed by atoms with E-state index in [1.165, 1.54) is 30.3 Å².